The molecule has 0 radical (unpaired) electrons. The third-order valence-electron chi connectivity index (χ3n) is 2.38. The van der Waals surface area contributed by atoms with Crippen molar-refractivity contribution < 1.29 is 12.8 Å². The van der Waals surface area contributed by atoms with E-state index in [1.54, 1.807) is 19.1 Å². The molecule has 0 aliphatic heterocycles. The zero-order chi connectivity index (χ0) is 12.9. The van der Waals surface area contributed by atoms with Gasteiger partial charge in [-0.1, -0.05) is 19.1 Å². The molecule has 0 saturated carbocycles. The van der Waals surface area contributed by atoms with Gasteiger partial charge in [-0.2, -0.15) is 0 Å². The van der Waals surface area contributed by atoms with E-state index in [0.717, 1.165) is 5.56 Å². The van der Waals surface area contributed by atoms with E-state index in [9.17, 15) is 12.8 Å². The van der Waals surface area contributed by atoms with Crippen molar-refractivity contribution in [2.45, 2.75) is 13.5 Å². The standard InChI is InChI=1S/C11H15BrFNO2S/c1-2-17(15,16)7-6-14-8-9-4-3-5-10(13)11(9)12/h3-5,14H,2,6-8H2,1H3. The predicted octanol–water partition coefficient (Wildman–Crippen LogP) is 2.11. The number of hydrogen-bond acceptors (Lipinski definition) is 3. The van der Waals surface area contributed by atoms with Crippen LogP contribution in [-0.2, 0) is 16.4 Å². The molecule has 1 aromatic rings. The second-order valence-corrected chi connectivity index (χ2v) is 6.89. The SMILES string of the molecule is CCS(=O)(=O)CCNCc1cccc(F)c1Br. The number of benzene rings is 1. The van der Waals surface area contributed by atoms with Crippen LogP contribution in [0.25, 0.3) is 0 Å². The molecule has 0 heterocycles. The molecule has 96 valence electrons. The molecular weight excluding hydrogens is 309 g/mol. The van der Waals surface area contributed by atoms with Crippen molar-refractivity contribution in [1.82, 2.24) is 5.32 Å². The summed E-state index contributed by atoms with van der Waals surface area (Å²) in [7, 11) is -2.94. The fraction of sp³-hybridized carbons (Fsp3) is 0.455. The Balaban J connectivity index is 2.44. The Morgan fingerprint density at radius 3 is 2.76 bits per heavy atom. The van der Waals surface area contributed by atoms with Gasteiger partial charge in [-0.25, -0.2) is 12.8 Å². The molecule has 3 nitrogen and oxygen atoms in total. The van der Waals surface area contributed by atoms with Gasteiger partial charge in [0.1, 0.15) is 5.82 Å². The summed E-state index contributed by atoms with van der Waals surface area (Å²) in [5, 5.41) is 2.98. The van der Waals surface area contributed by atoms with Gasteiger partial charge >= 0.3 is 0 Å². The molecule has 0 unspecified atom stereocenters. The minimum atomic E-state index is -2.94. The van der Waals surface area contributed by atoms with E-state index in [2.05, 4.69) is 21.2 Å². The molecule has 1 rings (SSSR count). The Bertz CT molecular complexity index is 476. The summed E-state index contributed by atoms with van der Waals surface area (Å²) in [6, 6.07) is 4.78. The first kappa shape index (κ1) is 14.6. The summed E-state index contributed by atoms with van der Waals surface area (Å²) in [5.41, 5.74) is 0.777. The van der Waals surface area contributed by atoms with Gasteiger partial charge in [0.05, 0.1) is 10.2 Å². The first-order chi connectivity index (χ1) is 7.96. The van der Waals surface area contributed by atoms with Crippen LogP contribution < -0.4 is 5.32 Å². The molecule has 0 saturated heterocycles. The lowest BCUT2D eigenvalue weighted by Crippen LogP contribution is -2.23. The van der Waals surface area contributed by atoms with Crippen molar-refractivity contribution in [1.29, 1.82) is 0 Å². The third kappa shape index (κ3) is 4.73. The van der Waals surface area contributed by atoms with Crippen molar-refractivity contribution in [3.63, 3.8) is 0 Å². The number of halogens is 2. The molecule has 0 bridgehead atoms. The van der Waals surface area contributed by atoms with E-state index in [-0.39, 0.29) is 17.3 Å². The first-order valence-electron chi connectivity index (χ1n) is 5.30. The smallest absolute Gasteiger partial charge is 0.151 e. The van der Waals surface area contributed by atoms with Gasteiger partial charge in [0.25, 0.3) is 0 Å². The molecule has 0 aliphatic rings. The second kappa shape index (κ2) is 6.47. The first-order valence-corrected chi connectivity index (χ1v) is 7.91. The fourth-order valence-electron chi connectivity index (χ4n) is 1.28. The number of hydrogen-bond donors (Lipinski definition) is 1. The molecule has 1 N–H and O–H groups in total. The summed E-state index contributed by atoms with van der Waals surface area (Å²) >= 11 is 3.15. The van der Waals surface area contributed by atoms with Crippen LogP contribution in [0.2, 0.25) is 0 Å². The van der Waals surface area contributed by atoms with Gasteiger partial charge in [-0.3, -0.25) is 0 Å². The maximum Gasteiger partial charge on any atom is 0.151 e. The molecule has 6 heteroatoms. The summed E-state index contributed by atoms with van der Waals surface area (Å²) in [5.74, 6) is -0.0557. The molecule has 0 spiro atoms. The lowest BCUT2D eigenvalue weighted by Gasteiger charge is -2.07. The Labute approximate surface area is 109 Å². The van der Waals surface area contributed by atoms with Crippen molar-refractivity contribution in [2.75, 3.05) is 18.1 Å². The van der Waals surface area contributed by atoms with E-state index in [1.165, 1.54) is 6.07 Å². The van der Waals surface area contributed by atoms with Crippen LogP contribution in [0, 0.1) is 5.82 Å². The van der Waals surface area contributed by atoms with E-state index < -0.39 is 9.84 Å². The molecule has 0 aromatic heterocycles. The van der Waals surface area contributed by atoms with Crippen LogP contribution in [0.4, 0.5) is 4.39 Å². The van der Waals surface area contributed by atoms with Crippen molar-refractivity contribution in [3.8, 4) is 0 Å². The van der Waals surface area contributed by atoms with Crippen LogP contribution in [0.3, 0.4) is 0 Å². The van der Waals surface area contributed by atoms with Gasteiger partial charge in [0, 0.05) is 18.8 Å². The lowest BCUT2D eigenvalue weighted by atomic mass is 10.2. The monoisotopic (exact) mass is 323 g/mol. The van der Waals surface area contributed by atoms with E-state index in [4.69, 9.17) is 0 Å². The van der Waals surface area contributed by atoms with Gasteiger partial charge in [-0.15, -0.1) is 0 Å². The van der Waals surface area contributed by atoms with Crippen molar-refractivity contribution >= 4 is 25.8 Å². The second-order valence-electron chi connectivity index (χ2n) is 3.63. The van der Waals surface area contributed by atoms with Crippen LogP contribution in [0.15, 0.2) is 22.7 Å². The van der Waals surface area contributed by atoms with Gasteiger partial charge in [0.15, 0.2) is 9.84 Å². The minimum Gasteiger partial charge on any atom is -0.312 e. The summed E-state index contributed by atoms with van der Waals surface area (Å²) in [6.45, 7) is 2.44. The van der Waals surface area contributed by atoms with Gasteiger partial charge in [0.2, 0.25) is 0 Å². The highest BCUT2D eigenvalue weighted by atomic mass is 79.9. The van der Waals surface area contributed by atoms with Crippen LogP contribution >= 0.6 is 15.9 Å². The largest absolute Gasteiger partial charge is 0.312 e. The van der Waals surface area contributed by atoms with Crippen molar-refractivity contribution in [3.05, 3.63) is 34.1 Å². The zero-order valence-electron chi connectivity index (χ0n) is 9.54. The Morgan fingerprint density at radius 1 is 1.41 bits per heavy atom. The fourth-order valence-corrected chi connectivity index (χ4v) is 2.43. The highest BCUT2D eigenvalue weighted by Gasteiger charge is 2.07. The lowest BCUT2D eigenvalue weighted by molar-refractivity contribution is 0.590. The minimum absolute atomic E-state index is 0.108. The van der Waals surface area contributed by atoms with Gasteiger partial charge in [-0.05, 0) is 27.6 Å². The topological polar surface area (TPSA) is 46.2 Å². The average Bonchev–Trinajstić information content (AvgIpc) is 2.30. The number of nitrogens with one attached hydrogen (secondary N) is 1. The van der Waals surface area contributed by atoms with E-state index in [0.29, 0.717) is 17.6 Å². The maximum atomic E-state index is 13.2. The summed E-state index contributed by atoms with van der Waals surface area (Å²) in [6.07, 6.45) is 0. The molecular formula is C11H15BrFNO2S. The normalized spacial score (nSPS) is 11.7. The number of rotatable bonds is 6. The highest BCUT2D eigenvalue weighted by Crippen LogP contribution is 2.19. The molecule has 1 aromatic carbocycles. The van der Waals surface area contributed by atoms with E-state index in [1.807, 2.05) is 0 Å². The number of sulfone groups is 1. The molecule has 0 fully saturated rings. The van der Waals surface area contributed by atoms with Crippen LogP contribution in [0.1, 0.15) is 12.5 Å². The molecule has 0 amide bonds. The quantitative estimate of drug-likeness (QED) is 0.816. The Kier molecular flexibility index (Phi) is 5.55. The van der Waals surface area contributed by atoms with E-state index >= 15 is 0 Å². The maximum absolute atomic E-state index is 13.2. The van der Waals surface area contributed by atoms with Crippen LogP contribution in [-0.4, -0.2) is 26.5 Å². The average molecular weight is 324 g/mol. The summed E-state index contributed by atoms with van der Waals surface area (Å²) in [4.78, 5) is 0. The van der Waals surface area contributed by atoms with Gasteiger partial charge < -0.3 is 5.32 Å². The molecule has 17 heavy (non-hydrogen) atoms. The zero-order valence-corrected chi connectivity index (χ0v) is 11.9. The summed E-state index contributed by atoms with van der Waals surface area (Å²) < 4.78 is 36.0. The molecule has 0 atom stereocenters. The Hall–Kier alpha value is -0.460. The van der Waals surface area contributed by atoms with Crippen molar-refractivity contribution in [2.24, 2.45) is 0 Å². The highest BCUT2D eigenvalue weighted by molar-refractivity contribution is 9.10. The third-order valence-corrected chi connectivity index (χ3v) is 4.97. The predicted molar refractivity (Wildman–Crippen MR) is 70.1 cm³/mol. The van der Waals surface area contributed by atoms with Crippen LogP contribution in [0.5, 0.6) is 0 Å². The molecule has 0 aliphatic carbocycles. The Morgan fingerprint density at radius 2 is 2.12 bits per heavy atom.